The summed E-state index contributed by atoms with van der Waals surface area (Å²) in [6, 6.07) is 9.00. The molecule has 0 atom stereocenters. The molecule has 0 aliphatic heterocycles. The second-order valence-corrected chi connectivity index (χ2v) is 2.82. The summed E-state index contributed by atoms with van der Waals surface area (Å²) in [4.78, 5) is 11.0. The zero-order chi connectivity index (χ0) is 8.55. The van der Waals surface area contributed by atoms with Crippen molar-refractivity contribution < 1.29 is 0 Å². The van der Waals surface area contributed by atoms with Gasteiger partial charge >= 0.3 is 0 Å². The highest BCUT2D eigenvalue weighted by molar-refractivity contribution is 5.48. The van der Waals surface area contributed by atoms with Gasteiger partial charge in [0, 0.05) is 23.5 Å². The minimum atomic E-state index is 0.0399. The average molecular weight is 159 g/mol. The minimum absolute atomic E-state index is 0.0399. The van der Waals surface area contributed by atoms with Crippen molar-refractivity contribution in [2.45, 2.75) is 6.92 Å². The van der Waals surface area contributed by atoms with Crippen LogP contribution in [0, 0.1) is 6.92 Å². The van der Waals surface area contributed by atoms with E-state index < -0.39 is 0 Å². The van der Waals surface area contributed by atoms with Crippen molar-refractivity contribution in [1.82, 2.24) is 4.40 Å². The van der Waals surface area contributed by atoms with Gasteiger partial charge in [-0.25, -0.2) is 0 Å². The van der Waals surface area contributed by atoms with Crippen LogP contribution in [0.3, 0.4) is 0 Å². The van der Waals surface area contributed by atoms with E-state index in [2.05, 4.69) is 0 Å². The topological polar surface area (TPSA) is 21.5 Å². The Morgan fingerprint density at radius 2 is 1.83 bits per heavy atom. The van der Waals surface area contributed by atoms with Gasteiger partial charge in [-0.2, -0.15) is 0 Å². The number of hydrogen-bond acceptors (Lipinski definition) is 1. The molecular formula is C10H9NO. The Bertz CT molecular complexity index is 470. The van der Waals surface area contributed by atoms with E-state index in [9.17, 15) is 4.79 Å². The van der Waals surface area contributed by atoms with Crippen LogP contribution in [0.1, 0.15) is 5.69 Å². The third-order valence-electron chi connectivity index (χ3n) is 1.96. The van der Waals surface area contributed by atoms with Gasteiger partial charge in [-0.1, -0.05) is 0 Å². The molecule has 2 nitrogen and oxygen atoms in total. The van der Waals surface area contributed by atoms with Crippen molar-refractivity contribution >= 4 is 5.52 Å². The van der Waals surface area contributed by atoms with Gasteiger partial charge in [0.05, 0.1) is 0 Å². The van der Waals surface area contributed by atoms with Crippen LogP contribution in [0.15, 0.2) is 41.3 Å². The predicted octanol–water partition coefficient (Wildman–Crippen LogP) is 1.61. The van der Waals surface area contributed by atoms with Crippen molar-refractivity contribution in [2.75, 3.05) is 0 Å². The summed E-state index contributed by atoms with van der Waals surface area (Å²) >= 11 is 0. The molecule has 0 aliphatic carbocycles. The highest BCUT2D eigenvalue weighted by Crippen LogP contribution is 2.05. The number of nitrogens with zero attached hydrogens (tertiary/aromatic N) is 1. The molecule has 0 fully saturated rings. The van der Waals surface area contributed by atoms with Gasteiger partial charge in [-0.05, 0) is 31.2 Å². The molecule has 2 heteroatoms. The smallest absolute Gasteiger partial charge is 0.180 e. The Kier molecular flexibility index (Phi) is 1.47. The van der Waals surface area contributed by atoms with Crippen LogP contribution < -0.4 is 5.43 Å². The maximum absolute atomic E-state index is 11.0. The van der Waals surface area contributed by atoms with Gasteiger partial charge in [0.15, 0.2) is 5.43 Å². The second kappa shape index (κ2) is 2.48. The van der Waals surface area contributed by atoms with Crippen molar-refractivity contribution in [3.05, 3.63) is 52.4 Å². The molecule has 0 unspecified atom stereocenters. The molecule has 0 radical (unpaired) electrons. The number of hydrogen-bond donors (Lipinski definition) is 0. The molecule has 60 valence electrons. The first kappa shape index (κ1) is 7.10. The highest BCUT2D eigenvalue weighted by atomic mass is 16.1. The van der Waals surface area contributed by atoms with E-state index in [4.69, 9.17) is 0 Å². The molecule has 0 spiro atoms. The van der Waals surface area contributed by atoms with Crippen LogP contribution in [0.4, 0.5) is 0 Å². The molecule has 0 amide bonds. The lowest BCUT2D eigenvalue weighted by Crippen LogP contribution is -1.88. The van der Waals surface area contributed by atoms with Crippen LogP contribution in [-0.4, -0.2) is 4.40 Å². The lowest BCUT2D eigenvalue weighted by atomic mass is 10.4. The first-order chi connectivity index (χ1) is 5.77. The largest absolute Gasteiger partial charge is 0.321 e. The fraction of sp³-hybridized carbons (Fsp3) is 0.100. The first-order valence-corrected chi connectivity index (χ1v) is 3.85. The fourth-order valence-electron chi connectivity index (χ4n) is 1.28. The molecule has 2 aromatic heterocycles. The van der Waals surface area contributed by atoms with Crippen LogP contribution >= 0.6 is 0 Å². The van der Waals surface area contributed by atoms with Gasteiger partial charge in [-0.3, -0.25) is 4.79 Å². The van der Waals surface area contributed by atoms with Crippen molar-refractivity contribution in [3.8, 4) is 0 Å². The number of aromatic nitrogens is 1. The lowest BCUT2D eigenvalue weighted by Gasteiger charge is -1.89. The Labute approximate surface area is 70.1 Å². The maximum atomic E-state index is 11.0. The molecular weight excluding hydrogens is 150 g/mol. The van der Waals surface area contributed by atoms with E-state index in [1.165, 1.54) is 0 Å². The maximum Gasteiger partial charge on any atom is 0.180 e. The Morgan fingerprint density at radius 3 is 2.67 bits per heavy atom. The molecule has 0 N–H and O–H groups in total. The molecule has 0 saturated carbocycles. The lowest BCUT2D eigenvalue weighted by molar-refractivity contribution is 1.12. The summed E-state index contributed by atoms with van der Waals surface area (Å²) in [6.45, 7) is 2.01. The van der Waals surface area contributed by atoms with E-state index >= 15 is 0 Å². The van der Waals surface area contributed by atoms with E-state index in [1.54, 1.807) is 18.3 Å². The third-order valence-corrected chi connectivity index (χ3v) is 1.96. The molecule has 2 rings (SSSR count). The number of rotatable bonds is 0. The van der Waals surface area contributed by atoms with Gasteiger partial charge in [0.2, 0.25) is 0 Å². The van der Waals surface area contributed by atoms with Gasteiger partial charge in [0.25, 0.3) is 0 Å². The summed E-state index contributed by atoms with van der Waals surface area (Å²) < 4.78 is 1.99. The van der Waals surface area contributed by atoms with Crippen LogP contribution in [-0.2, 0) is 0 Å². The Balaban J connectivity index is 2.96. The zero-order valence-corrected chi connectivity index (χ0v) is 6.82. The number of aryl methyl sites for hydroxylation is 1. The summed E-state index contributed by atoms with van der Waals surface area (Å²) in [6.07, 6.45) is 1.80. The summed E-state index contributed by atoms with van der Waals surface area (Å²) in [7, 11) is 0. The SMILES string of the molecule is Cc1ccc2ccc(=O)ccn12. The minimum Gasteiger partial charge on any atom is -0.321 e. The first-order valence-electron chi connectivity index (χ1n) is 3.85. The number of fused-ring (bicyclic) bond motifs is 1. The monoisotopic (exact) mass is 159 g/mol. The second-order valence-electron chi connectivity index (χ2n) is 2.82. The molecule has 2 heterocycles. The normalized spacial score (nSPS) is 10.4. The van der Waals surface area contributed by atoms with Crippen LogP contribution in [0.5, 0.6) is 0 Å². The fourth-order valence-corrected chi connectivity index (χ4v) is 1.28. The highest BCUT2D eigenvalue weighted by Gasteiger charge is 1.92. The van der Waals surface area contributed by atoms with E-state index in [0.717, 1.165) is 11.2 Å². The Morgan fingerprint density at radius 1 is 1.08 bits per heavy atom. The summed E-state index contributed by atoms with van der Waals surface area (Å²) in [5.74, 6) is 0. The molecule has 0 saturated heterocycles. The molecule has 0 aliphatic rings. The molecule has 0 aromatic carbocycles. The quantitative estimate of drug-likeness (QED) is 0.572. The average Bonchev–Trinajstić information content (AvgIpc) is 2.28. The van der Waals surface area contributed by atoms with Gasteiger partial charge < -0.3 is 4.40 Å². The van der Waals surface area contributed by atoms with Gasteiger partial charge in [-0.15, -0.1) is 0 Å². The summed E-state index contributed by atoms with van der Waals surface area (Å²) in [5.41, 5.74) is 2.23. The summed E-state index contributed by atoms with van der Waals surface area (Å²) in [5, 5.41) is 0. The van der Waals surface area contributed by atoms with E-state index in [-0.39, 0.29) is 5.43 Å². The van der Waals surface area contributed by atoms with Crippen LogP contribution in [0.2, 0.25) is 0 Å². The van der Waals surface area contributed by atoms with E-state index in [0.29, 0.717) is 0 Å². The van der Waals surface area contributed by atoms with Crippen molar-refractivity contribution in [2.24, 2.45) is 0 Å². The third kappa shape index (κ3) is 1.01. The molecule has 0 bridgehead atoms. The van der Waals surface area contributed by atoms with E-state index in [1.807, 2.05) is 29.5 Å². The Hall–Kier alpha value is -1.57. The standard InChI is InChI=1S/C10H9NO/c1-8-2-3-9-4-5-10(12)6-7-11(8)9/h2-7H,1H3. The predicted molar refractivity (Wildman–Crippen MR) is 48.4 cm³/mol. The van der Waals surface area contributed by atoms with Gasteiger partial charge in [0.1, 0.15) is 0 Å². The molecule has 12 heavy (non-hydrogen) atoms. The molecule has 2 aromatic rings. The van der Waals surface area contributed by atoms with Crippen molar-refractivity contribution in [1.29, 1.82) is 0 Å². The zero-order valence-electron chi connectivity index (χ0n) is 6.82. The van der Waals surface area contributed by atoms with Crippen molar-refractivity contribution in [3.63, 3.8) is 0 Å². The van der Waals surface area contributed by atoms with Crippen LogP contribution in [0.25, 0.3) is 5.52 Å².